The highest BCUT2D eigenvalue weighted by molar-refractivity contribution is 7.22. The molecule has 0 bridgehead atoms. The van der Waals surface area contributed by atoms with Crippen LogP contribution in [0.2, 0.25) is 0 Å². The van der Waals surface area contributed by atoms with Gasteiger partial charge in [0.1, 0.15) is 29.6 Å². The van der Waals surface area contributed by atoms with E-state index >= 15 is 0 Å². The van der Waals surface area contributed by atoms with Crippen molar-refractivity contribution in [3.8, 4) is 39.2 Å². The first-order chi connectivity index (χ1) is 16.7. The molecule has 34 heavy (non-hydrogen) atoms. The van der Waals surface area contributed by atoms with Gasteiger partial charge in [-0.25, -0.2) is 0 Å². The molecule has 2 heterocycles. The van der Waals surface area contributed by atoms with Gasteiger partial charge in [0, 0.05) is 16.6 Å². The first-order valence-corrected chi connectivity index (χ1v) is 12.5. The van der Waals surface area contributed by atoms with Gasteiger partial charge in [-0.05, 0) is 86.1 Å². The number of phenols is 1. The van der Waals surface area contributed by atoms with E-state index in [0.29, 0.717) is 6.61 Å². The van der Waals surface area contributed by atoms with Gasteiger partial charge < -0.3 is 19.3 Å². The van der Waals surface area contributed by atoms with Crippen molar-refractivity contribution in [1.82, 2.24) is 4.90 Å². The molecule has 1 aromatic heterocycles. The molecule has 0 saturated carbocycles. The lowest BCUT2D eigenvalue weighted by Crippen LogP contribution is -2.33. The maximum absolute atomic E-state index is 9.99. The highest BCUT2D eigenvalue weighted by Gasteiger charge is 2.17. The Morgan fingerprint density at radius 3 is 2.47 bits per heavy atom. The Hall–Kier alpha value is -3.22. The van der Waals surface area contributed by atoms with Gasteiger partial charge in [-0.2, -0.15) is 0 Å². The number of benzene rings is 3. The number of likely N-dealkylation sites (tertiary alicyclic amines) is 1. The number of ether oxygens (including phenoxy) is 3. The normalized spacial score (nSPS) is 14.3. The Morgan fingerprint density at radius 2 is 1.68 bits per heavy atom. The van der Waals surface area contributed by atoms with Crippen LogP contribution in [0, 0.1) is 0 Å². The van der Waals surface area contributed by atoms with Gasteiger partial charge in [-0.3, -0.25) is 4.90 Å². The summed E-state index contributed by atoms with van der Waals surface area (Å²) in [7, 11) is 1.66. The topological polar surface area (TPSA) is 51.2 Å². The predicted octanol–water partition coefficient (Wildman–Crippen LogP) is 6.94. The van der Waals surface area contributed by atoms with E-state index in [1.165, 1.54) is 32.4 Å². The zero-order valence-corrected chi connectivity index (χ0v) is 20.1. The van der Waals surface area contributed by atoms with Gasteiger partial charge in [-0.1, -0.05) is 18.6 Å². The van der Waals surface area contributed by atoms with Gasteiger partial charge in [0.05, 0.1) is 12.0 Å². The molecule has 5 rings (SSSR count). The second-order valence-electron chi connectivity index (χ2n) is 8.50. The van der Waals surface area contributed by atoms with Crippen LogP contribution in [-0.4, -0.2) is 43.4 Å². The van der Waals surface area contributed by atoms with Crippen LogP contribution in [0.1, 0.15) is 19.3 Å². The molecule has 1 fully saturated rings. The van der Waals surface area contributed by atoms with E-state index < -0.39 is 0 Å². The molecule has 0 unspecified atom stereocenters. The lowest BCUT2D eigenvalue weighted by Gasteiger charge is -2.26. The molecule has 0 spiro atoms. The van der Waals surface area contributed by atoms with Gasteiger partial charge in [0.25, 0.3) is 0 Å². The Balaban J connectivity index is 1.35. The van der Waals surface area contributed by atoms with Crippen molar-refractivity contribution in [2.45, 2.75) is 19.3 Å². The molecule has 1 saturated heterocycles. The van der Waals surface area contributed by atoms with Crippen molar-refractivity contribution >= 4 is 21.4 Å². The van der Waals surface area contributed by atoms with Crippen LogP contribution in [0.4, 0.5) is 0 Å². The third-order valence-corrected chi connectivity index (χ3v) is 7.31. The number of aromatic hydroxyl groups is 1. The molecule has 0 atom stereocenters. The number of piperidine rings is 1. The summed E-state index contributed by atoms with van der Waals surface area (Å²) in [6.07, 6.45) is 3.93. The molecule has 1 N–H and O–H groups in total. The van der Waals surface area contributed by atoms with Crippen LogP contribution in [-0.2, 0) is 0 Å². The molecule has 5 nitrogen and oxygen atoms in total. The van der Waals surface area contributed by atoms with E-state index in [1.54, 1.807) is 30.6 Å². The maximum Gasteiger partial charge on any atom is 0.153 e. The Bertz CT molecular complexity index is 1250. The molecular weight excluding hydrogens is 446 g/mol. The number of methoxy groups -OCH3 is 1. The van der Waals surface area contributed by atoms with Gasteiger partial charge >= 0.3 is 0 Å². The number of thiophene rings is 1. The quantitative estimate of drug-likeness (QED) is 0.299. The van der Waals surface area contributed by atoms with Crippen LogP contribution < -0.4 is 14.2 Å². The molecule has 4 aromatic rings. The summed E-state index contributed by atoms with van der Waals surface area (Å²) in [6.45, 7) is 4.02. The van der Waals surface area contributed by atoms with E-state index in [9.17, 15) is 5.11 Å². The van der Waals surface area contributed by atoms with Gasteiger partial charge in [0.2, 0.25) is 0 Å². The number of phenolic OH excluding ortho intramolecular Hbond substituents is 1. The largest absolute Gasteiger partial charge is 0.508 e. The predicted molar refractivity (Wildman–Crippen MR) is 138 cm³/mol. The second kappa shape index (κ2) is 10.4. The van der Waals surface area contributed by atoms with E-state index in [1.807, 2.05) is 54.6 Å². The van der Waals surface area contributed by atoms with E-state index in [0.717, 1.165) is 50.1 Å². The summed E-state index contributed by atoms with van der Waals surface area (Å²) in [5, 5.41) is 10.9. The highest BCUT2D eigenvalue weighted by Crippen LogP contribution is 2.47. The van der Waals surface area contributed by atoms with Crippen molar-refractivity contribution < 1.29 is 19.3 Å². The standard InChI is InChI=1S/C28H29NO4S/c1-31-24-7-5-6-20(18-24)28-27(25-13-8-21(30)19-26(25)34-28)33-23-11-9-22(10-12-23)32-17-16-29-14-3-2-4-15-29/h5-13,18-19,30H,2-4,14-17H2,1H3. The fourth-order valence-corrected chi connectivity index (χ4v) is 5.47. The number of rotatable bonds is 8. The Labute approximate surface area is 204 Å². The highest BCUT2D eigenvalue weighted by atomic mass is 32.1. The second-order valence-corrected chi connectivity index (χ2v) is 9.55. The number of hydrogen-bond acceptors (Lipinski definition) is 6. The first kappa shape index (κ1) is 22.6. The minimum absolute atomic E-state index is 0.239. The molecule has 3 aromatic carbocycles. The zero-order valence-electron chi connectivity index (χ0n) is 19.3. The molecule has 0 radical (unpaired) electrons. The molecule has 0 amide bonds. The smallest absolute Gasteiger partial charge is 0.153 e. The lowest BCUT2D eigenvalue weighted by atomic mass is 10.1. The third-order valence-electron chi connectivity index (χ3n) is 6.13. The van der Waals surface area contributed by atoms with Crippen LogP contribution in [0.5, 0.6) is 28.7 Å². The minimum Gasteiger partial charge on any atom is -0.508 e. The van der Waals surface area contributed by atoms with E-state index in [-0.39, 0.29) is 5.75 Å². The van der Waals surface area contributed by atoms with Crippen molar-refractivity contribution in [3.05, 3.63) is 66.7 Å². The molecule has 0 aliphatic carbocycles. The number of fused-ring (bicyclic) bond motifs is 1. The van der Waals surface area contributed by atoms with Crippen molar-refractivity contribution in [1.29, 1.82) is 0 Å². The van der Waals surface area contributed by atoms with E-state index in [4.69, 9.17) is 14.2 Å². The number of hydrogen-bond donors (Lipinski definition) is 1. The van der Waals surface area contributed by atoms with Crippen molar-refractivity contribution in [3.63, 3.8) is 0 Å². The molecule has 6 heteroatoms. The Morgan fingerprint density at radius 1 is 0.882 bits per heavy atom. The van der Waals surface area contributed by atoms with Crippen LogP contribution in [0.3, 0.4) is 0 Å². The van der Waals surface area contributed by atoms with Gasteiger partial charge in [0.15, 0.2) is 5.75 Å². The first-order valence-electron chi connectivity index (χ1n) is 11.7. The maximum atomic E-state index is 9.99. The lowest BCUT2D eigenvalue weighted by molar-refractivity contribution is 0.183. The number of nitrogens with zero attached hydrogens (tertiary/aromatic N) is 1. The summed E-state index contributed by atoms with van der Waals surface area (Å²) < 4.78 is 18.8. The molecule has 176 valence electrons. The summed E-state index contributed by atoms with van der Waals surface area (Å²) >= 11 is 1.59. The Kier molecular flexibility index (Phi) is 6.88. The minimum atomic E-state index is 0.239. The fraction of sp³-hybridized carbons (Fsp3) is 0.286. The molecular formula is C28H29NO4S. The zero-order chi connectivity index (χ0) is 23.3. The van der Waals surface area contributed by atoms with E-state index in [2.05, 4.69) is 4.90 Å². The van der Waals surface area contributed by atoms with Crippen molar-refractivity contribution in [2.75, 3.05) is 33.4 Å². The van der Waals surface area contributed by atoms with Crippen LogP contribution >= 0.6 is 11.3 Å². The summed E-state index contributed by atoms with van der Waals surface area (Å²) in [5.74, 6) is 3.38. The molecule has 1 aliphatic rings. The fourth-order valence-electron chi connectivity index (χ4n) is 4.31. The van der Waals surface area contributed by atoms with Crippen LogP contribution in [0.15, 0.2) is 66.7 Å². The average Bonchev–Trinajstić information content (AvgIpc) is 3.23. The average molecular weight is 476 g/mol. The third kappa shape index (κ3) is 5.13. The van der Waals surface area contributed by atoms with Crippen LogP contribution in [0.25, 0.3) is 20.5 Å². The summed E-state index contributed by atoms with van der Waals surface area (Å²) in [6, 6.07) is 21.1. The summed E-state index contributed by atoms with van der Waals surface area (Å²) in [4.78, 5) is 3.46. The summed E-state index contributed by atoms with van der Waals surface area (Å²) in [5.41, 5.74) is 1.01. The van der Waals surface area contributed by atoms with Crippen molar-refractivity contribution in [2.24, 2.45) is 0 Å². The van der Waals surface area contributed by atoms with Gasteiger partial charge in [-0.15, -0.1) is 11.3 Å². The monoisotopic (exact) mass is 475 g/mol. The SMILES string of the molecule is COc1cccc(-c2sc3cc(O)ccc3c2Oc2ccc(OCCN3CCCCC3)cc2)c1. The molecule has 1 aliphatic heterocycles.